The van der Waals surface area contributed by atoms with E-state index in [2.05, 4.69) is 30.4 Å². The van der Waals surface area contributed by atoms with E-state index in [-0.39, 0.29) is 6.61 Å². The largest absolute Gasteiger partial charge is 0.370 e. The van der Waals surface area contributed by atoms with Gasteiger partial charge in [0.1, 0.15) is 6.61 Å². The van der Waals surface area contributed by atoms with Crippen LogP contribution in [0, 0.1) is 6.92 Å². The molecule has 1 aliphatic rings. The lowest BCUT2D eigenvalue weighted by molar-refractivity contribution is -0.122. The van der Waals surface area contributed by atoms with Gasteiger partial charge in [-0.3, -0.25) is 4.79 Å². The Bertz CT molecular complexity index is 432. The monoisotopic (exact) mass is 248 g/mol. The molecule has 0 aromatic heterocycles. The molecule has 1 atom stereocenters. The van der Waals surface area contributed by atoms with Crippen LogP contribution in [0.15, 0.2) is 18.2 Å². The molecule has 0 saturated carbocycles. The summed E-state index contributed by atoms with van der Waals surface area (Å²) in [6.07, 6.45) is 2.27. The van der Waals surface area contributed by atoms with Crippen LogP contribution in [0.4, 0.5) is 0 Å². The van der Waals surface area contributed by atoms with Crippen molar-refractivity contribution in [2.24, 2.45) is 5.73 Å². The van der Waals surface area contributed by atoms with Crippen LogP contribution in [0.5, 0.6) is 0 Å². The summed E-state index contributed by atoms with van der Waals surface area (Å²) in [5.74, 6) is -0.420. The number of carbonyl (C=O) groups is 1. The molecule has 0 bridgehead atoms. The minimum atomic E-state index is -0.420. The average Bonchev–Trinajstić information content (AvgIpc) is 2.71. The molecule has 0 heterocycles. The van der Waals surface area contributed by atoms with Gasteiger partial charge in [0.05, 0.1) is 6.61 Å². The van der Waals surface area contributed by atoms with Crippen molar-refractivity contribution in [2.75, 3.05) is 19.8 Å². The molecule has 0 aliphatic heterocycles. The van der Waals surface area contributed by atoms with Gasteiger partial charge in [-0.25, -0.2) is 0 Å². The predicted molar refractivity (Wildman–Crippen MR) is 70.3 cm³/mol. The fourth-order valence-electron chi connectivity index (χ4n) is 2.41. The van der Waals surface area contributed by atoms with Crippen molar-refractivity contribution >= 4 is 5.91 Å². The van der Waals surface area contributed by atoms with Crippen LogP contribution < -0.4 is 11.1 Å². The van der Waals surface area contributed by atoms with E-state index in [0.717, 1.165) is 19.4 Å². The number of aryl methyl sites for hydroxylation is 2. The van der Waals surface area contributed by atoms with Crippen molar-refractivity contribution < 1.29 is 9.53 Å². The number of hydrogen-bond acceptors (Lipinski definition) is 3. The Kier molecular flexibility index (Phi) is 4.33. The van der Waals surface area contributed by atoms with Crippen molar-refractivity contribution in [1.29, 1.82) is 0 Å². The first-order valence-electron chi connectivity index (χ1n) is 6.35. The number of nitrogens with one attached hydrogen (secondary N) is 1. The van der Waals surface area contributed by atoms with Crippen LogP contribution >= 0.6 is 0 Å². The second-order valence-corrected chi connectivity index (χ2v) is 4.77. The van der Waals surface area contributed by atoms with Gasteiger partial charge in [0.25, 0.3) is 0 Å². The second-order valence-electron chi connectivity index (χ2n) is 4.77. The zero-order valence-electron chi connectivity index (χ0n) is 10.7. The first-order chi connectivity index (χ1) is 8.66. The molecule has 0 saturated heterocycles. The summed E-state index contributed by atoms with van der Waals surface area (Å²) in [5, 5.41) is 3.46. The standard InChI is InChI=1S/C14H20N2O2/c1-10-2-3-11-4-5-13(12(11)8-10)16-6-7-18-9-14(15)17/h2-3,8,13,16H,4-7,9H2,1H3,(H2,15,17). The molecule has 1 aliphatic carbocycles. The van der Waals surface area contributed by atoms with Gasteiger partial charge < -0.3 is 15.8 Å². The van der Waals surface area contributed by atoms with Crippen molar-refractivity contribution in [2.45, 2.75) is 25.8 Å². The zero-order valence-corrected chi connectivity index (χ0v) is 10.7. The van der Waals surface area contributed by atoms with Crippen LogP contribution in [0.2, 0.25) is 0 Å². The van der Waals surface area contributed by atoms with E-state index in [0.29, 0.717) is 12.6 Å². The van der Waals surface area contributed by atoms with Crippen molar-refractivity contribution in [3.05, 3.63) is 34.9 Å². The number of rotatable bonds is 6. The maximum atomic E-state index is 10.5. The second kappa shape index (κ2) is 5.98. The first-order valence-corrected chi connectivity index (χ1v) is 6.35. The highest BCUT2D eigenvalue weighted by Crippen LogP contribution is 2.31. The molecule has 1 aromatic carbocycles. The number of hydrogen-bond donors (Lipinski definition) is 2. The number of carbonyl (C=O) groups excluding carboxylic acids is 1. The third-order valence-electron chi connectivity index (χ3n) is 3.26. The van der Waals surface area contributed by atoms with E-state index < -0.39 is 5.91 Å². The molecule has 4 nitrogen and oxygen atoms in total. The lowest BCUT2D eigenvalue weighted by Gasteiger charge is -2.14. The van der Waals surface area contributed by atoms with Gasteiger partial charge >= 0.3 is 0 Å². The summed E-state index contributed by atoms with van der Waals surface area (Å²) < 4.78 is 5.13. The number of benzene rings is 1. The van der Waals surface area contributed by atoms with E-state index in [1.807, 2.05) is 0 Å². The molecule has 1 amide bonds. The normalized spacial score (nSPS) is 17.7. The van der Waals surface area contributed by atoms with E-state index in [9.17, 15) is 4.79 Å². The molecule has 1 aromatic rings. The Morgan fingerprint density at radius 1 is 1.56 bits per heavy atom. The molecule has 1 unspecified atom stereocenters. The van der Waals surface area contributed by atoms with Gasteiger partial charge in [-0.05, 0) is 30.9 Å². The number of primary amides is 1. The quantitative estimate of drug-likeness (QED) is 0.740. The van der Waals surface area contributed by atoms with Crippen LogP contribution in [-0.4, -0.2) is 25.7 Å². The Morgan fingerprint density at radius 2 is 2.39 bits per heavy atom. The van der Waals surface area contributed by atoms with Gasteiger partial charge in [-0.2, -0.15) is 0 Å². The Hall–Kier alpha value is -1.39. The molecule has 18 heavy (non-hydrogen) atoms. The zero-order chi connectivity index (χ0) is 13.0. The minimum absolute atomic E-state index is 0.00203. The summed E-state index contributed by atoms with van der Waals surface area (Å²) >= 11 is 0. The Balaban J connectivity index is 1.79. The van der Waals surface area contributed by atoms with Crippen molar-refractivity contribution in [3.8, 4) is 0 Å². The topological polar surface area (TPSA) is 64.3 Å². The van der Waals surface area contributed by atoms with E-state index in [1.165, 1.54) is 16.7 Å². The van der Waals surface area contributed by atoms with Gasteiger partial charge in [0.15, 0.2) is 0 Å². The fraction of sp³-hybridized carbons (Fsp3) is 0.500. The van der Waals surface area contributed by atoms with Gasteiger partial charge in [-0.15, -0.1) is 0 Å². The molecule has 2 rings (SSSR count). The van der Waals surface area contributed by atoms with E-state index in [4.69, 9.17) is 10.5 Å². The highest BCUT2D eigenvalue weighted by Gasteiger charge is 2.21. The minimum Gasteiger partial charge on any atom is -0.370 e. The van der Waals surface area contributed by atoms with E-state index >= 15 is 0 Å². The summed E-state index contributed by atoms with van der Waals surface area (Å²) in [6.45, 7) is 3.37. The summed E-state index contributed by atoms with van der Waals surface area (Å²) in [7, 11) is 0. The molecule has 0 spiro atoms. The Labute approximate surface area is 108 Å². The predicted octanol–water partition coefficient (Wildman–Crippen LogP) is 1.07. The smallest absolute Gasteiger partial charge is 0.243 e. The fourth-order valence-corrected chi connectivity index (χ4v) is 2.41. The Morgan fingerprint density at radius 3 is 3.17 bits per heavy atom. The third kappa shape index (κ3) is 3.31. The molecule has 4 heteroatoms. The van der Waals surface area contributed by atoms with Crippen LogP contribution in [0.25, 0.3) is 0 Å². The number of ether oxygens (including phenoxy) is 1. The number of amides is 1. The number of fused-ring (bicyclic) bond motifs is 1. The van der Waals surface area contributed by atoms with Gasteiger partial charge in [-0.1, -0.05) is 23.8 Å². The molecular formula is C14H20N2O2. The average molecular weight is 248 g/mol. The van der Waals surface area contributed by atoms with Crippen LogP contribution in [-0.2, 0) is 16.0 Å². The summed E-state index contributed by atoms with van der Waals surface area (Å²) in [5.41, 5.74) is 9.14. The molecule has 3 N–H and O–H groups in total. The highest BCUT2D eigenvalue weighted by atomic mass is 16.5. The maximum Gasteiger partial charge on any atom is 0.243 e. The molecule has 98 valence electrons. The molecule has 0 radical (unpaired) electrons. The lowest BCUT2D eigenvalue weighted by Crippen LogP contribution is -2.26. The van der Waals surface area contributed by atoms with Gasteiger partial charge in [0, 0.05) is 12.6 Å². The van der Waals surface area contributed by atoms with Crippen molar-refractivity contribution in [1.82, 2.24) is 5.32 Å². The van der Waals surface area contributed by atoms with Crippen LogP contribution in [0.3, 0.4) is 0 Å². The number of nitrogens with two attached hydrogens (primary N) is 1. The highest BCUT2D eigenvalue weighted by molar-refractivity contribution is 5.74. The van der Waals surface area contributed by atoms with Gasteiger partial charge in [0.2, 0.25) is 5.91 Å². The summed E-state index contributed by atoms with van der Waals surface area (Å²) in [6, 6.07) is 7.05. The lowest BCUT2D eigenvalue weighted by atomic mass is 10.1. The first kappa shape index (κ1) is 13.1. The van der Waals surface area contributed by atoms with E-state index in [1.54, 1.807) is 0 Å². The molecular weight excluding hydrogens is 228 g/mol. The maximum absolute atomic E-state index is 10.5. The van der Waals surface area contributed by atoms with Crippen molar-refractivity contribution in [3.63, 3.8) is 0 Å². The molecule has 0 fully saturated rings. The third-order valence-corrected chi connectivity index (χ3v) is 3.26. The SMILES string of the molecule is Cc1ccc2c(c1)C(NCCOCC(N)=O)CC2. The summed E-state index contributed by atoms with van der Waals surface area (Å²) in [4.78, 5) is 10.5. The van der Waals surface area contributed by atoms with Crippen LogP contribution in [0.1, 0.15) is 29.2 Å².